The highest BCUT2D eigenvalue weighted by atomic mass is 32.2. The van der Waals surface area contributed by atoms with Crippen molar-refractivity contribution >= 4 is 22.1 Å². The van der Waals surface area contributed by atoms with Crippen LogP contribution in [0.5, 0.6) is 0 Å². The summed E-state index contributed by atoms with van der Waals surface area (Å²) in [5.74, 6) is -2.06. The first-order chi connectivity index (χ1) is 28.0. The van der Waals surface area contributed by atoms with E-state index in [-0.39, 0.29) is 19.4 Å². The van der Waals surface area contributed by atoms with Gasteiger partial charge < -0.3 is 34.3 Å². The lowest BCUT2D eigenvalue weighted by Gasteiger charge is -2.40. The van der Waals surface area contributed by atoms with Gasteiger partial charge in [0.2, 0.25) is 0 Å². The zero-order valence-corrected chi connectivity index (χ0v) is 36.7. The van der Waals surface area contributed by atoms with Crippen LogP contribution in [0.25, 0.3) is 0 Å². The van der Waals surface area contributed by atoms with E-state index in [1.54, 1.807) is 0 Å². The molecule has 1 aliphatic heterocycles. The monoisotopic (exact) mass is 845 g/mol. The summed E-state index contributed by atoms with van der Waals surface area (Å²) in [7, 11) is -4.61. The van der Waals surface area contributed by atoms with E-state index < -0.39 is 71.2 Å². The number of rotatable bonds is 37. The minimum absolute atomic E-state index is 0.133. The topological polar surface area (TPSA) is 186 Å². The maximum absolute atomic E-state index is 12.8. The summed E-state index contributed by atoms with van der Waals surface area (Å²) in [6, 6.07) is 0. The molecule has 0 saturated carbocycles. The summed E-state index contributed by atoms with van der Waals surface area (Å²) in [5, 5.41) is 30.8. The standard InChI is InChI=1S/C45H80O12S/c1-3-5-7-9-11-13-15-17-19-21-23-25-27-29-31-33-40(46)54-35-38(36-55-45-44(50)43(49)42(48)39(57-45)37-58(51,52)53)56-41(47)34-32-30-28-26-24-22-20-18-16-14-12-10-8-6-4-2/h12,14,18,20,27,29,38-39,42-45,48-50H,3-11,13,15-17,19,21-26,28,30-37H2,1-2H3,(H,51,52,53)/b14-12+,20-18+,29-27+/t38-,39-,42-,43?,44?,45+/m1/s1. The molecule has 4 N–H and O–H groups in total. The zero-order valence-electron chi connectivity index (χ0n) is 35.9. The van der Waals surface area contributed by atoms with Crippen LogP contribution in [0.3, 0.4) is 0 Å². The van der Waals surface area contributed by atoms with Crippen LogP contribution in [0, 0.1) is 0 Å². The Morgan fingerprint density at radius 3 is 1.64 bits per heavy atom. The number of unbranched alkanes of at least 4 members (excludes halogenated alkanes) is 19. The molecule has 338 valence electrons. The van der Waals surface area contributed by atoms with Crippen LogP contribution in [0.4, 0.5) is 0 Å². The molecule has 0 aromatic rings. The maximum atomic E-state index is 12.8. The fraction of sp³-hybridized carbons (Fsp3) is 0.822. The number of esters is 2. The van der Waals surface area contributed by atoms with Gasteiger partial charge in [0, 0.05) is 12.8 Å². The van der Waals surface area contributed by atoms with Crippen molar-refractivity contribution in [2.45, 2.75) is 218 Å². The molecule has 12 nitrogen and oxygen atoms in total. The summed E-state index contributed by atoms with van der Waals surface area (Å²) in [4.78, 5) is 25.3. The molecule has 13 heteroatoms. The van der Waals surface area contributed by atoms with E-state index in [1.165, 1.54) is 83.5 Å². The second-order valence-corrected chi connectivity index (χ2v) is 17.2. The number of carbonyl (C=O) groups excluding carboxylic acids is 2. The minimum atomic E-state index is -4.61. The zero-order chi connectivity index (χ0) is 42.7. The van der Waals surface area contributed by atoms with Gasteiger partial charge in [-0.3, -0.25) is 14.1 Å². The van der Waals surface area contributed by atoms with E-state index in [9.17, 15) is 37.9 Å². The lowest BCUT2D eigenvalue weighted by molar-refractivity contribution is -0.297. The van der Waals surface area contributed by atoms with Gasteiger partial charge in [0.25, 0.3) is 10.1 Å². The van der Waals surface area contributed by atoms with Gasteiger partial charge in [-0.15, -0.1) is 0 Å². The molecule has 1 heterocycles. The number of aliphatic hydroxyl groups excluding tert-OH is 3. The molecule has 0 amide bonds. The van der Waals surface area contributed by atoms with Crippen molar-refractivity contribution in [2.24, 2.45) is 0 Å². The fourth-order valence-electron chi connectivity index (χ4n) is 6.66. The van der Waals surface area contributed by atoms with Crippen LogP contribution in [0.15, 0.2) is 36.5 Å². The van der Waals surface area contributed by atoms with Gasteiger partial charge in [0.1, 0.15) is 36.8 Å². The Morgan fingerprint density at radius 1 is 0.586 bits per heavy atom. The van der Waals surface area contributed by atoms with Crippen molar-refractivity contribution in [3.63, 3.8) is 0 Å². The van der Waals surface area contributed by atoms with E-state index in [4.69, 9.17) is 18.9 Å². The SMILES string of the molecule is CCCCC/C=C/C/C=C/CCCCCCCC(=O)O[C@H](COC(=O)CC/C=C/CCCCCCCCCCCCC)CO[C@H]1O[C@H](CS(=O)(=O)O)[C@@H](O)C(O)C1O. The highest BCUT2D eigenvalue weighted by Crippen LogP contribution is 2.24. The second kappa shape index (κ2) is 35.6. The van der Waals surface area contributed by atoms with E-state index >= 15 is 0 Å². The fourth-order valence-corrected chi connectivity index (χ4v) is 7.36. The number of ether oxygens (including phenoxy) is 4. The van der Waals surface area contributed by atoms with Crippen LogP contribution < -0.4 is 0 Å². The van der Waals surface area contributed by atoms with Crippen LogP contribution in [-0.4, -0.2) is 96.0 Å². The van der Waals surface area contributed by atoms with Gasteiger partial charge in [0.15, 0.2) is 12.4 Å². The molecule has 2 unspecified atom stereocenters. The lowest BCUT2D eigenvalue weighted by atomic mass is 10.00. The quantitative estimate of drug-likeness (QED) is 0.0202. The van der Waals surface area contributed by atoms with E-state index in [0.29, 0.717) is 12.8 Å². The summed E-state index contributed by atoms with van der Waals surface area (Å²) in [5.41, 5.74) is 0. The first-order valence-corrected chi connectivity index (χ1v) is 24.2. The predicted octanol–water partition coefficient (Wildman–Crippen LogP) is 9.00. The Balaban J connectivity index is 2.48. The Hall–Kier alpha value is -2.13. The number of allylic oxidation sites excluding steroid dienone is 6. The molecule has 0 spiro atoms. The number of carbonyl (C=O) groups is 2. The average Bonchev–Trinajstić information content (AvgIpc) is 3.18. The summed E-state index contributed by atoms with van der Waals surface area (Å²) in [6.07, 6.45) is 30.6. The van der Waals surface area contributed by atoms with Crippen molar-refractivity contribution in [1.29, 1.82) is 0 Å². The molecular formula is C45H80O12S. The van der Waals surface area contributed by atoms with E-state index in [1.807, 2.05) is 6.08 Å². The van der Waals surface area contributed by atoms with Crippen LogP contribution in [0.1, 0.15) is 181 Å². The van der Waals surface area contributed by atoms with E-state index in [2.05, 4.69) is 44.2 Å². The number of hydrogen-bond donors (Lipinski definition) is 4. The molecular weight excluding hydrogens is 765 g/mol. The molecule has 0 aromatic heterocycles. The molecule has 0 aromatic carbocycles. The Kier molecular flexibility index (Phi) is 33.1. The molecule has 1 saturated heterocycles. The van der Waals surface area contributed by atoms with Gasteiger partial charge in [0.05, 0.1) is 6.61 Å². The smallest absolute Gasteiger partial charge is 0.306 e. The number of hydrogen-bond acceptors (Lipinski definition) is 11. The average molecular weight is 845 g/mol. The van der Waals surface area contributed by atoms with Gasteiger partial charge in [-0.05, 0) is 57.8 Å². The van der Waals surface area contributed by atoms with Crippen molar-refractivity contribution in [2.75, 3.05) is 19.0 Å². The van der Waals surface area contributed by atoms with Crippen molar-refractivity contribution in [1.82, 2.24) is 0 Å². The Labute approximate surface area is 351 Å². The van der Waals surface area contributed by atoms with Crippen molar-refractivity contribution in [3.8, 4) is 0 Å². The summed E-state index contributed by atoms with van der Waals surface area (Å²) < 4.78 is 54.0. The largest absolute Gasteiger partial charge is 0.462 e. The summed E-state index contributed by atoms with van der Waals surface area (Å²) >= 11 is 0. The summed E-state index contributed by atoms with van der Waals surface area (Å²) in [6.45, 7) is 3.69. The molecule has 0 radical (unpaired) electrons. The molecule has 0 bridgehead atoms. The van der Waals surface area contributed by atoms with Gasteiger partial charge in [-0.2, -0.15) is 8.42 Å². The third-order valence-corrected chi connectivity index (χ3v) is 11.0. The van der Waals surface area contributed by atoms with Crippen LogP contribution in [0.2, 0.25) is 0 Å². The highest BCUT2D eigenvalue weighted by Gasteiger charge is 2.46. The highest BCUT2D eigenvalue weighted by molar-refractivity contribution is 7.85. The molecule has 0 aliphatic carbocycles. The predicted molar refractivity (Wildman–Crippen MR) is 229 cm³/mol. The van der Waals surface area contributed by atoms with Crippen molar-refractivity contribution in [3.05, 3.63) is 36.5 Å². The van der Waals surface area contributed by atoms with E-state index in [0.717, 1.165) is 57.8 Å². The van der Waals surface area contributed by atoms with Crippen LogP contribution >= 0.6 is 0 Å². The molecule has 6 atom stereocenters. The van der Waals surface area contributed by atoms with Crippen LogP contribution in [-0.2, 0) is 38.7 Å². The van der Waals surface area contributed by atoms with Gasteiger partial charge >= 0.3 is 11.9 Å². The third kappa shape index (κ3) is 30.0. The first kappa shape index (κ1) is 53.9. The molecule has 58 heavy (non-hydrogen) atoms. The Bertz CT molecular complexity index is 1220. The normalized spacial score (nSPS) is 20.7. The maximum Gasteiger partial charge on any atom is 0.306 e. The van der Waals surface area contributed by atoms with Gasteiger partial charge in [-0.1, -0.05) is 147 Å². The van der Waals surface area contributed by atoms with Crippen molar-refractivity contribution < 1.29 is 56.8 Å². The second-order valence-electron chi connectivity index (χ2n) is 15.7. The molecule has 1 fully saturated rings. The first-order valence-electron chi connectivity index (χ1n) is 22.5. The third-order valence-electron chi connectivity index (χ3n) is 10.2. The molecule has 1 aliphatic rings. The number of aliphatic hydroxyl groups is 3. The lowest BCUT2D eigenvalue weighted by Crippen LogP contribution is -2.60. The van der Waals surface area contributed by atoms with Gasteiger partial charge in [-0.25, -0.2) is 0 Å². The minimum Gasteiger partial charge on any atom is -0.462 e. The Morgan fingerprint density at radius 2 is 1.07 bits per heavy atom. The molecule has 1 rings (SSSR count).